The van der Waals surface area contributed by atoms with E-state index < -0.39 is 0 Å². The van der Waals surface area contributed by atoms with Crippen molar-refractivity contribution in [2.24, 2.45) is 0 Å². The minimum absolute atomic E-state index is 0.290. The zero-order valence-corrected chi connectivity index (χ0v) is 15.7. The summed E-state index contributed by atoms with van der Waals surface area (Å²) < 4.78 is 7.50. The summed E-state index contributed by atoms with van der Waals surface area (Å²) in [6.07, 6.45) is 2.58. The first-order valence-corrected chi connectivity index (χ1v) is 9.25. The number of benzene rings is 1. The van der Waals surface area contributed by atoms with Crippen LogP contribution in [-0.2, 0) is 17.7 Å². The number of nitrogens with two attached hydrogens (primary N) is 1. The van der Waals surface area contributed by atoms with Gasteiger partial charge in [-0.3, -0.25) is 0 Å². The highest BCUT2D eigenvalue weighted by Crippen LogP contribution is 2.14. The van der Waals surface area contributed by atoms with Crippen LogP contribution in [0, 0.1) is 13.8 Å². The Hall–Kier alpha value is -2.80. The minimum Gasteiger partial charge on any atom is -0.462 e. The Morgan fingerprint density at radius 3 is 2.81 bits per heavy atom. The third-order valence-electron chi connectivity index (χ3n) is 4.14. The summed E-state index contributed by atoms with van der Waals surface area (Å²) >= 11 is 1.65. The number of thiazole rings is 1. The maximum atomic E-state index is 12.0. The van der Waals surface area contributed by atoms with Crippen LogP contribution in [0.25, 0.3) is 0 Å². The lowest BCUT2D eigenvalue weighted by molar-refractivity contribution is -0.690. The van der Waals surface area contributed by atoms with Gasteiger partial charge in [-0.15, -0.1) is 0 Å². The molecule has 0 unspecified atom stereocenters. The van der Waals surface area contributed by atoms with Crippen molar-refractivity contribution in [3.63, 3.8) is 0 Å². The highest BCUT2D eigenvalue weighted by molar-refractivity contribution is 7.09. The second kappa shape index (κ2) is 8.05. The number of nitrogen functional groups attached to an aromatic ring is 1. The molecule has 0 aliphatic heterocycles. The van der Waals surface area contributed by atoms with Gasteiger partial charge in [0, 0.05) is 20.3 Å². The topological polar surface area (TPSA) is 83.2 Å². The van der Waals surface area contributed by atoms with Crippen molar-refractivity contribution in [1.29, 1.82) is 0 Å². The molecule has 0 atom stereocenters. The summed E-state index contributed by atoms with van der Waals surface area (Å²) in [6.45, 7) is 4.95. The lowest BCUT2D eigenvalue weighted by Crippen LogP contribution is -2.36. The molecule has 6 nitrogen and oxygen atoms in total. The number of rotatable bonds is 6. The standard InChI is InChI=1S/C19H21N4O2S/c1-13-17(8-9-25-19(24)15-6-4-3-5-7-15)26-12-23(13)11-16-10-21-14(2)22-18(16)20/h3-7,10,12H,8-9,11H2,1-2H3,(H2,20,21,22)/q+1/p+1. The van der Waals surface area contributed by atoms with Gasteiger partial charge in [0.2, 0.25) is 5.51 Å². The summed E-state index contributed by atoms with van der Waals surface area (Å²) in [5.74, 6) is 1.04. The van der Waals surface area contributed by atoms with E-state index in [0.29, 0.717) is 31.0 Å². The minimum atomic E-state index is -0.290. The number of hydrogen-bond donors (Lipinski definition) is 1. The SMILES string of the molecule is Cc1nc(N)c(C[n+]2csc(CCOC(=O)c3ccccc3)c2C)c[nH+]1. The van der Waals surface area contributed by atoms with E-state index in [2.05, 4.69) is 27.0 Å². The third-order valence-corrected chi connectivity index (χ3v) is 5.29. The number of esters is 1. The van der Waals surface area contributed by atoms with E-state index in [1.54, 1.807) is 23.5 Å². The van der Waals surface area contributed by atoms with Gasteiger partial charge in [0.15, 0.2) is 12.2 Å². The maximum absolute atomic E-state index is 12.0. The Labute approximate surface area is 156 Å². The highest BCUT2D eigenvalue weighted by atomic mass is 32.1. The monoisotopic (exact) mass is 370 g/mol. The number of aromatic nitrogens is 3. The molecule has 0 radical (unpaired) electrons. The van der Waals surface area contributed by atoms with Crippen LogP contribution < -0.4 is 15.3 Å². The van der Waals surface area contributed by atoms with Gasteiger partial charge < -0.3 is 10.5 Å². The molecule has 7 heteroatoms. The Kier molecular flexibility index (Phi) is 5.58. The number of carbonyl (C=O) groups excluding carboxylic acids is 1. The molecule has 3 N–H and O–H groups in total. The summed E-state index contributed by atoms with van der Waals surface area (Å²) in [4.78, 5) is 20.5. The van der Waals surface area contributed by atoms with E-state index in [1.807, 2.05) is 31.3 Å². The summed E-state index contributed by atoms with van der Waals surface area (Å²) in [5, 5.41) is 0. The molecule has 1 aromatic carbocycles. The van der Waals surface area contributed by atoms with Crippen molar-refractivity contribution in [2.45, 2.75) is 26.8 Å². The van der Waals surface area contributed by atoms with Crippen LogP contribution in [0.1, 0.15) is 32.3 Å². The van der Waals surface area contributed by atoms with E-state index in [4.69, 9.17) is 10.5 Å². The number of H-pyrrole nitrogens is 1. The fourth-order valence-electron chi connectivity index (χ4n) is 2.60. The maximum Gasteiger partial charge on any atom is 0.338 e. The molecule has 3 aromatic rings. The van der Waals surface area contributed by atoms with Gasteiger partial charge in [-0.25, -0.2) is 9.78 Å². The molecule has 0 saturated heterocycles. The molecule has 0 bridgehead atoms. The van der Waals surface area contributed by atoms with Gasteiger partial charge in [0.05, 0.1) is 17.0 Å². The predicted octanol–water partition coefficient (Wildman–Crippen LogP) is 1.89. The van der Waals surface area contributed by atoms with Crippen LogP contribution in [0.3, 0.4) is 0 Å². The van der Waals surface area contributed by atoms with E-state index in [1.165, 1.54) is 4.88 Å². The normalized spacial score (nSPS) is 10.7. The quantitative estimate of drug-likeness (QED) is 0.531. The second-order valence-electron chi connectivity index (χ2n) is 6.01. The molecule has 0 spiro atoms. The number of anilines is 1. The molecule has 0 fully saturated rings. The zero-order valence-electron chi connectivity index (χ0n) is 14.9. The van der Waals surface area contributed by atoms with Crippen LogP contribution in [0.2, 0.25) is 0 Å². The van der Waals surface area contributed by atoms with Crippen molar-refractivity contribution in [2.75, 3.05) is 12.3 Å². The molecule has 0 aliphatic carbocycles. The van der Waals surface area contributed by atoms with E-state index in [-0.39, 0.29) is 5.97 Å². The smallest absolute Gasteiger partial charge is 0.338 e. The first-order chi connectivity index (χ1) is 12.5. The predicted molar refractivity (Wildman–Crippen MR) is 98.7 cm³/mol. The molecule has 0 saturated carbocycles. The Balaban J connectivity index is 1.59. The number of hydrogen-bond acceptors (Lipinski definition) is 5. The Morgan fingerprint density at radius 1 is 1.31 bits per heavy atom. The van der Waals surface area contributed by atoms with Crippen LogP contribution in [-0.4, -0.2) is 17.6 Å². The largest absolute Gasteiger partial charge is 0.462 e. The molecule has 0 aliphatic rings. The molecule has 0 amide bonds. The van der Waals surface area contributed by atoms with Gasteiger partial charge in [0.25, 0.3) is 11.6 Å². The summed E-state index contributed by atoms with van der Waals surface area (Å²) in [6, 6.07) is 9.03. The molecule has 3 rings (SSSR count). The molecular formula is C19H22N4O2S+2. The van der Waals surface area contributed by atoms with E-state index >= 15 is 0 Å². The highest BCUT2D eigenvalue weighted by Gasteiger charge is 2.20. The molecule has 2 heterocycles. The van der Waals surface area contributed by atoms with Crippen LogP contribution in [0.4, 0.5) is 5.82 Å². The second-order valence-corrected chi connectivity index (χ2v) is 6.95. The van der Waals surface area contributed by atoms with Gasteiger partial charge in [-0.1, -0.05) is 29.5 Å². The zero-order chi connectivity index (χ0) is 18.5. The van der Waals surface area contributed by atoms with Crippen LogP contribution in [0.15, 0.2) is 42.0 Å². The molecule has 134 valence electrons. The molecular weight excluding hydrogens is 348 g/mol. The fraction of sp³-hybridized carbons (Fsp3) is 0.263. The van der Waals surface area contributed by atoms with Gasteiger partial charge in [-0.05, 0) is 17.1 Å². The lowest BCUT2D eigenvalue weighted by atomic mass is 10.2. The Bertz CT molecular complexity index is 909. The first kappa shape index (κ1) is 18.0. The molecule has 26 heavy (non-hydrogen) atoms. The van der Waals surface area contributed by atoms with E-state index in [9.17, 15) is 4.79 Å². The van der Waals surface area contributed by atoms with Crippen molar-refractivity contribution >= 4 is 23.1 Å². The summed E-state index contributed by atoms with van der Waals surface area (Å²) in [7, 11) is 0. The molecule has 2 aromatic heterocycles. The van der Waals surface area contributed by atoms with Crippen LogP contribution >= 0.6 is 11.3 Å². The van der Waals surface area contributed by atoms with E-state index in [0.717, 1.165) is 17.1 Å². The number of nitrogens with one attached hydrogen (secondary N) is 1. The Morgan fingerprint density at radius 2 is 2.08 bits per heavy atom. The number of aromatic amines is 1. The number of aryl methyl sites for hydroxylation is 1. The van der Waals surface area contributed by atoms with Gasteiger partial charge in [-0.2, -0.15) is 4.57 Å². The number of ether oxygens (including phenoxy) is 1. The first-order valence-electron chi connectivity index (χ1n) is 8.37. The van der Waals surface area contributed by atoms with Crippen molar-refractivity contribution in [1.82, 2.24) is 4.98 Å². The fourth-order valence-corrected chi connectivity index (χ4v) is 3.58. The lowest BCUT2D eigenvalue weighted by Gasteiger charge is -2.03. The van der Waals surface area contributed by atoms with Gasteiger partial charge >= 0.3 is 5.97 Å². The van der Waals surface area contributed by atoms with Crippen molar-refractivity contribution < 1.29 is 19.1 Å². The van der Waals surface area contributed by atoms with Crippen molar-refractivity contribution in [3.05, 3.63) is 69.6 Å². The number of nitrogens with zero attached hydrogens (tertiary/aromatic N) is 2. The average molecular weight is 370 g/mol. The van der Waals surface area contributed by atoms with Crippen LogP contribution in [0.5, 0.6) is 0 Å². The van der Waals surface area contributed by atoms with Gasteiger partial charge in [0.1, 0.15) is 11.8 Å². The third kappa shape index (κ3) is 4.23. The summed E-state index contributed by atoms with van der Waals surface area (Å²) in [5.41, 5.74) is 10.7. The van der Waals surface area contributed by atoms with Crippen molar-refractivity contribution in [3.8, 4) is 0 Å². The average Bonchev–Trinajstić information content (AvgIpc) is 2.98. The number of carbonyl (C=O) groups is 1.